The molecule has 0 saturated carbocycles. The molecule has 0 fully saturated rings. The number of hydrogen-bond donors (Lipinski definition) is 1. The van der Waals surface area contributed by atoms with Crippen molar-refractivity contribution in [3.8, 4) is 0 Å². The molecule has 0 heterocycles. The van der Waals surface area contributed by atoms with Crippen molar-refractivity contribution in [2.24, 2.45) is 0 Å². The predicted octanol–water partition coefficient (Wildman–Crippen LogP) is 2.02. The molecule has 0 aliphatic heterocycles. The lowest BCUT2D eigenvalue weighted by molar-refractivity contribution is 0.126. The maximum absolute atomic E-state index is 9.78. The summed E-state index contributed by atoms with van der Waals surface area (Å²) in [5, 5.41) is 2.52. The van der Waals surface area contributed by atoms with Gasteiger partial charge in [0.1, 0.15) is 0 Å². The Hall–Kier alpha value is -0.570. The van der Waals surface area contributed by atoms with Crippen LogP contribution in [0.1, 0.15) is 45.4 Å². The Bertz CT molecular complexity index is 118. The Morgan fingerprint density at radius 2 is 1.79 bits per heavy atom. The summed E-state index contributed by atoms with van der Waals surface area (Å²) < 4.78 is 5.44. The van der Waals surface area contributed by atoms with Crippen molar-refractivity contribution in [2.45, 2.75) is 45.4 Å². The zero-order valence-corrected chi connectivity index (χ0v) is 9.18. The first kappa shape index (κ1) is 13.4. The molecule has 0 aliphatic carbocycles. The molecule has 0 aliphatic rings. The molecule has 0 rings (SSSR count). The molecule has 1 amide bonds. The van der Waals surface area contributed by atoms with Crippen molar-refractivity contribution in [1.82, 2.24) is 5.32 Å². The monoisotopic (exact) mass is 200 g/mol. The minimum absolute atomic E-state index is 0.735. The average Bonchev–Trinajstić information content (AvgIpc) is 2.21. The van der Waals surface area contributed by atoms with Gasteiger partial charge in [0.15, 0.2) is 0 Å². The molecule has 0 aromatic heterocycles. The van der Waals surface area contributed by atoms with E-state index >= 15 is 0 Å². The molecule has 1 radical (unpaired) electrons. The number of ether oxygens (including phenoxy) is 1. The van der Waals surface area contributed by atoms with Crippen LogP contribution in [0.4, 0.5) is 0 Å². The summed E-state index contributed by atoms with van der Waals surface area (Å²) in [5.74, 6) is 0. The zero-order valence-electron chi connectivity index (χ0n) is 9.18. The fraction of sp³-hybridized carbons (Fsp3) is 0.909. The third-order valence-electron chi connectivity index (χ3n) is 2.05. The van der Waals surface area contributed by atoms with E-state index in [-0.39, 0.29) is 0 Å². The fourth-order valence-corrected chi connectivity index (χ4v) is 1.20. The van der Waals surface area contributed by atoms with Crippen LogP contribution in [-0.2, 0) is 9.53 Å². The summed E-state index contributed by atoms with van der Waals surface area (Å²) in [4.78, 5) is 9.78. The first-order valence-corrected chi connectivity index (χ1v) is 5.59. The Morgan fingerprint density at radius 3 is 2.43 bits per heavy atom. The maximum Gasteiger partial charge on any atom is 0.309 e. The normalized spacial score (nSPS) is 10.1. The molecule has 14 heavy (non-hydrogen) atoms. The van der Waals surface area contributed by atoms with E-state index < -0.39 is 0 Å². The van der Waals surface area contributed by atoms with Gasteiger partial charge in [0.05, 0.1) is 0 Å². The van der Waals surface area contributed by atoms with Gasteiger partial charge in [0, 0.05) is 19.8 Å². The second kappa shape index (κ2) is 12.4. The molecule has 0 spiro atoms. The Balaban J connectivity index is 2.81. The van der Waals surface area contributed by atoms with Gasteiger partial charge in [0.25, 0.3) is 0 Å². The minimum Gasteiger partial charge on any atom is -0.381 e. The van der Waals surface area contributed by atoms with E-state index in [9.17, 15) is 4.79 Å². The number of unbranched alkanes of at least 4 members (excludes halogenated alkanes) is 4. The quantitative estimate of drug-likeness (QED) is 0.409. The molecular formula is C11H22NO2. The molecule has 3 nitrogen and oxygen atoms in total. The van der Waals surface area contributed by atoms with Gasteiger partial charge < -0.3 is 10.1 Å². The van der Waals surface area contributed by atoms with E-state index in [0.717, 1.165) is 39.0 Å². The van der Waals surface area contributed by atoms with Crippen LogP contribution in [-0.4, -0.2) is 26.2 Å². The first-order chi connectivity index (χ1) is 6.91. The van der Waals surface area contributed by atoms with E-state index in [1.807, 2.05) is 0 Å². The van der Waals surface area contributed by atoms with Gasteiger partial charge in [-0.25, -0.2) is 0 Å². The predicted molar refractivity (Wildman–Crippen MR) is 57.9 cm³/mol. The van der Waals surface area contributed by atoms with E-state index in [4.69, 9.17) is 4.74 Å². The van der Waals surface area contributed by atoms with Crippen LogP contribution < -0.4 is 5.32 Å². The van der Waals surface area contributed by atoms with Crippen LogP contribution >= 0.6 is 0 Å². The highest BCUT2D eigenvalue weighted by Crippen LogP contribution is 1.97. The van der Waals surface area contributed by atoms with E-state index in [2.05, 4.69) is 12.2 Å². The minimum atomic E-state index is 0.735. The highest BCUT2D eigenvalue weighted by Gasteiger charge is 1.90. The van der Waals surface area contributed by atoms with Crippen molar-refractivity contribution < 1.29 is 9.53 Å². The van der Waals surface area contributed by atoms with Crippen LogP contribution in [0.3, 0.4) is 0 Å². The Morgan fingerprint density at radius 1 is 1.07 bits per heavy atom. The summed E-state index contributed by atoms with van der Waals surface area (Å²) in [5.41, 5.74) is 0. The van der Waals surface area contributed by atoms with Crippen molar-refractivity contribution >= 4 is 6.41 Å². The van der Waals surface area contributed by atoms with Crippen LogP contribution in [0.25, 0.3) is 0 Å². The van der Waals surface area contributed by atoms with E-state index in [1.54, 1.807) is 6.41 Å². The van der Waals surface area contributed by atoms with E-state index in [0.29, 0.717) is 0 Å². The van der Waals surface area contributed by atoms with Crippen molar-refractivity contribution in [1.29, 1.82) is 0 Å². The Kier molecular flexibility index (Phi) is 11.9. The molecule has 1 N–H and O–H groups in total. The van der Waals surface area contributed by atoms with Crippen LogP contribution in [0.15, 0.2) is 0 Å². The van der Waals surface area contributed by atoms with Gasteiger partial charge in [-0.1, -0.05) is 19.8 Å². The standard InChI is InChI=1S/C11H22NO2/c1-2-3-6-9-14-10-7-4-5-8-12-11-13/h2-10H2,1H3,(H,12,13). The fourth-order valence-electron chi connectivity index (χ4n) is 1.20. The highest BCUT2D eigenvalue weighted by atomic mass is 16.5. The second-order valence-corrected chi connectivity index (χ2v) is 3.41. The molecule has 0 aromatic carbocycles. The number of carbonyl (C=O) groups excluding carboxylic acids is 1. The third kappa shape index (κ3) is 11.4. The summed E-state index contributed by atoms with van der Waals surface area (Å²) in [7, 11) is 0. The van der Waals surface area contributed by atoms with Crippen LogP contribution in [0, 0.1) is 0 Å². The van der Waals surface area contributed by atoms with Gasteiger partial charge in [-0.3, -0.25) is 4.79 Å². The Labute approximate surface area is 87.2 Å². The molecule has 0 unspecified atom stereocenters. The van der Waals surface area contributed by atoms with Crippen LogP contribution in [0.5, 0.6) is 0 Å². The van der Waals surface area contributed by atoms with Crippen molar-refractivity contribution in [2.75, 3.05) is 19.8 Å². The molecule has 0 aromatic rings. The molecular weight excluding hydrogens is 178 g/mol. The van der Waals surface area contributed by atoms with Crippen LogP contribution in [0.2, 0.25) is 0 Å². The summed E-state index contributed by atoms with van der Waals surface area (Å²) in [6.07, 6.45) is 8.58. The smallest absolute Gasteiger partial charge is 0.309 e. The van der Waals surface area contributed by atoms with E-state index in [1.165, 1.54) is 19.3 Å². The molecule has 0 saturated heterocycles. The highest BCUT2D eigenvalue weighted by molar-refractivity contribution is 5.46. The largest absolute Gasteiger partial charge is 0.381 e. The number of rotatable bonds is 11. The SMILES string of the molecule is CCCCCOCCCCCN[C]=O. The maximum atomic E-state index is 9.78. The summed E-state index contributed by atoms with van der Waals surface area (Å²) in [6, 6.07) is 0. The summed E-state index contributed by atoms with van der Waals surface area (Å²) in [6.45, 7) is 4.68. The lowest BCUT2D eigenvalue weighted by Crippen LogP contribution is -2.11. The summed E-state index contributed by atoms with van der Waals surface area (Å²) >= 11 is 0. The van der Waals surface area contributed by atoms with Crippen molar-refractivity contribution in [3.05, 3.63) is 0 Å². The van der Waals surface area contributed by atoms with Gasteiger partial charge in [-0.15, -0.1) is 0 Å². The average molecular weight is 200 g/mol. The number of nitrogens with one attached hydrogen (secondary N) is 1. The second-order valence-electron chi connectivity index (χ2n) is 3.41. The van der Waals surface area contributed by atoms with Crippen molar-refractivity contribution in [3.63, 3.8) is 0 Å². The van der Waals surface area contributed by atoms with Gasteiger partial charge >= 0.3 is 6.41 Å². The molecule has 83 valence electrons. The van der Waals surface area contributed by atoms with Gasteiger partial charge in [-0.05, 0) is 25.7 Å². The molecule has 0 atom stereocenters. The molecule has 0 bridgehead atoms. The van der Waals surface area contributed by atoms with Gasteiger partial charge in [0.2, 0.25) is 0 Å². The topological polar surface area (TPSA) is 38.3 Å². The lowest BCUT2D eigenvalue weighted by Gasteiger charge is -2.03. The zero-order chi connectivity index (χ0) is 10.5. The lowest BCUT2D eigenvalue weighted by atomic mass is 10.2. The molecule has 3 heteroatoms. The third-order valence-corrected chi connectivity index (χ3v) is 2.05. The first-order valence-electron chi connectivity index (χ1n) is 5.59. The van der Waals surface area contributed by atoms with Gasteiger partial charge in [-0.2, -0.15) is 0 Å². The number of hydrogen-bond acceptors (Lipinski definition) is 2. The number of amides is 1.